The number of anilines is 2. The lowest BCUT2D eigenvalue weighted by molar-refractivity contribution is 0.154. The first kappa shape index (κ1) is 15.5. The van der Waals surface area contributed by atoms with Crippen LogP contribution in [0.2, 0.25) is 0 Å². The minimum Gasteiger partial charge on any atom is -0.380 e. The van der Waals surface area contributed by atoms with Crippen molar-refractivity contribution in [2.75, 3.05) is 43.1 Å². The van der Waals surface area contributed by atoms with E-state index in [2.05, 4.69) is 44.2 Å². The van der Waals surface area contributed by atoms with Crippen LogP contribution >= 0.6 is 0 Å². The van der Waals surface area contributed by atoms with Crippen molar-refractivity contribution >= 4 is 22.8 Å². The molecule has 0 aliphatic rings. The Morgan fingerprint density at radius 2 is 2.14 bits per heavy atom. The summed E-state index contributed by atoms with van der Waals surface area (Å²) in [4.78, 5) is 11.3. The molecule has 0 unspecified atom stereocenters. The molecule has 0 amide bonds. The molecule has 0 radical (unpaired) electrons. The van der Waals surface area contributed by atoms with Gasteiger partial charge in [-0.3, -0.25) is 5.10 Å². The topological polar surface area (TPSA) is 79.0 Å². The predicted molar refractivity (Wildman–Crippen MR) is 84.8 cm³/mol. The SMILES string of the molecule is CCCNc1nc(N(CC)CCOCC)c2cn[nH]c2n1. The van der Waals surface area contributed by atoms with E-state index in [1.807, 2.05) is 6.92 Å². The second kappa shape index (κ2) is 7.78. The number of likely N-dealkylation sites (N-methyl/N-ethyl adjacent to an activating group) is 1. The van der Waals surface area contributed by atoms with Gasteiger partial charge in [-0.25, -0.2) is 0 Å². The van der Waals surface area contributed by atoms with Gasteiger partial charge in [0.25, 0.3) is 0 Å². The number of hydrogen-bond acceptors (Lipinski definition) is 6. The van der Waals surface area contributed by atoms with Gasteiger partial charge in [-0.15, -0.1) is 0 Å². The Labute approximate surface area is 125 Å². The average molecular weight is 292 g/mol. The number of rotatable bonds is 9. The van der Waals surface area contributed by atoms with Gasteiger partial charge in [0.1, 0.15) is 5.82 Å². The third-order valence-corrected chi connectivity index (χ3v) is 3.21. The Morgan fingerprint density at radius 1 is 1.29 bits per heavy atom. The van der Waals surface area contributed by atoms with E-state index in [1.165, 1.54) is 0 Å². The molecule has 7 heteroatoms. The molecule has 2 aromatic heterocycles. The van der Waals surface area contributed by atoms with Crippen LogP contribution in [0.15, 0.2) is 6.20 Å². The summed E-state index contributed by atoms with van der Waals surface area (Å²) in [7, 11) is 0. The Balaban J connectivity index is 2.27. The summed E-state index contributed by atoms with van der Waals surface area (Å²) in [6.07, 6.45) is 2.80. The Hall–Kier alpha value is -1.89. The Morgan fingerprint density at radius 3 is 2.86 bits per heavy atom. The number of hydrogen-bond donors (Lipinski definition) is 2. The number of aromatic nitrogens is 4. The lowest BCUT2D eigenvalue weighted by Gasteiger charge is -2.22. The smallest absolute Gasteiger partial charge is 0.226 e. The maximum Gasteiger partial charge on any atom is 0.226 e. The van der Waals surface area contributed by atoms with E-state index in [0.29, 0.717) is 12.6 Å². The van der Waals surface area contributed by atoms with Crippen LogP contribution in [0.25, 0.3) is 11.0 Å². The minimum absolute atomic E-state index is 0.637. The molecule has 2 rings (SSSR count). The number of H-pyrrole nitrogens is 1. The number of fused-ring (bicyclic) bond motifs is 1. The largest absolute Gasteiger partial charge is 0.380 e. The number of nitrogens with zero attached hydrogens (tertiary/aromatic N) is 4. The highest BCUT2D eigenvalue weighted by Crippen LogP contribution is 2.23. The predicted octanol–water partition coefficient (Wildman–Crippen LogP) is 2.04. The maximum absolute atomic E-state index is 5.45. The summed E-state index contributed by atoms with van der Waals surface area (Å²) in [5.41, 5.74) is 0.758. The molecule has 0 saturated carbocycles. The van der Waals surface area contributed by atoms with E-state index < -0.39 is 0 Å². The molecule has 2 heterocycles. The van der Waals surface area contributed by atoms with Gasteiger partial charge in [-0.1, -0.05) is 6.92 Å². The third kappa shape index (κ3) is 3.81. The van der Waals surface area contributed by atoms with Crippen LogP contribution in [0, 0.1) is 0 Å². The van der Waals surface area contributed by atoms with Crippen molar-refractivity contribution in [1.82, 2.24) is 20.2 Å². The molecule has 21 heavy (non-hydrogen) atoms. The van der Waals surface area contributed by atoms with Gasteiger partial charge in [-0.05, 0) is 20.3 Å². The molecule has 0 aliphatic carbocycles. The molecule has 2 aromatic rings. The molecule has 0 aliphatic heterocycles. The van der Waals surface area contributed by atoms with E-state index in [9.17, 15) is 0 Å². The van der Waals surface area contributed by atoms with Crippen molar-refractivity contribution in [1.29, 1.82) is 0 Å². The van der Waals surface area contributed by atoms with Crippen LogP contribution < -0.4 is 10.2 Å². The van der Waals surface area contributed by atoms with Crippen molar-refractivity contribution in [3.05, 3.63) is 6.20 Å². The standard InChI is InChI=1S/C14H24N6O/c1-4-7-15-14-17-12-11(10-16-19-12)13(18-14)20(5-2)8-9-21-6-3/h10H,4-9H2,1-3H3,(H2,15,16,17,18,19). The van der Waals surface area contributed by atoms with Gasteiger partial charge in [-0.2, -0.15) is 15.1 Å². The molecule has 0 aromatic carbocycles. The van der Waals surface area contributed by atoms with Crippen LogP contribution in [0.1, 0.15) is 27.2 Å². The highest BCUT2D eigenvalue weighted by atomic mass is 16.5. The molecule has 2 N–H and O–H groups in total. The maximum atomic E-state index is 5.45. The van der Waals surface area contributed by atoms with Crippen LogP contribution in [0.3, 0.4) is 0 Å². The van der Waals surface area contributed by atoms with Crippen molar-refractivity contribution in [2.24, 2.45) is 0 Å². The van der Waals surface area contributed by atoms with Crippen LogP contribution in [0.5, 0.6) is 0 Å². The second-order valence-electron chi connectivity index (χ2n) is 4.71. The second-order valence-corrected chi connectivity index (χ2v) is 4.71. The fourth-order valence-electron chi connectivity index (χ4n) is 2.11. The van der Waals surface area contributed by atoms with E-state index in [1.54, 1.807) is 6.20 Å². The quantitative estimate of drug-likeness (QED) is 0.689. The average Bonchev–Trinajstić information content (AvgIpc) is 2.97. The highest BCUT2D eigenvalue weighted by molar-refractivity contribution is 5.87. The van der Waals surface area contributed by atoms with E-state index in [4.69, 9.17) is 4.74 Å². The van der Waals surface area contributed by atoms with Gasteiger partial charge < -0.3 is 15.0 Å². The zero-order chi connectivity index (χ0) is 15.1. The molecule has 0 atom stereocenters. The van der Waals surface area contributed by atoms with Crippen LogP contribution in [0.4, 0.5) is 11.8 Å². The fourth-order valence-corrected chi connectivity index (χ4v) is 2.11. The van der Waals surface area contributed by atoms with Crippen LogP contribution in [-0.2, 0) is 4.74 Å². The highest BCUT2D eigenvalue weighted by Gasteiger charge is 2.14. The first-order valence-corrected chi connectivity index (χ1v) is 7.57. The summed E-state index contributed by atoms with van der Waals surface area (Å²) in [6, 6.07) is 0. The lowest BCUT2D eigenvalue weighted by Crippen LogP contribution is -2.28. The summed E-state index contributed by atoms with van der Waals surface area (Å²) in [6.45, 7) is 10.2. The monoisotopic (exact) mass is 292 g/mol. The van der Waals surface area contributed by atoms with Gasteiger partial charge in [0, 0.05) is 26.2 Å². The van der Waals surface area contributed by atoms with Gasteiger partial charge in [0.05, 0.1) is 18.2 Å². The van der Waals surface area contributed by atoms with Gasteiger partial charge >= 0.3 is 0 Å². The third-order valence-electron chi connectivity index (χ3n) is 3.21. The molecule has 0 spiro atoms. The summed E-state index contributed by atoms with van der Waals surface area (Å²) in [5, 5.41) is 11.2. The van der Waals surface area contributed by atoms with Gasteiger partial charge in [0.2, 0.25) is 5.95 Å². The summed E-state index contributed by atoms with van der Waals surface area (Å²) in [5.74, 6) is 1.54. The first-order chi connectivity index (χ1) is 10.3. The van der Waals surface area contributed by atoms with Gasteiger partial charge in [0.15, 0.2) is 5.65 Å². The first-order valence-electron chi connectivity index (χ1n) is 7.57. The van der Waals surface area contributed by atoms with Crippen molar-refractivity contribution < 1.29 is 4.74 Å². The molecule has 0 saturated heterocycles. The minimum atomic E-state index is 0.637. The zero-order valence-corrected chi connectivity index (χ0v) is 13.0. The Bertz CT molecular complexity index is 555. The molecular formula is C14H24N6O. The molecule has 0 fully saturated rings. The van der Waals surface area contributed by atoms with Crippen molar-refractivity contribution in [3.8, 4) is 0 Å². The molecular weight excluding hydrogens is 268 g/mol. The fraction of sp³-hybridized carbons (Fsp3) is 0.643. The number of aromatic amines is 1. The van der Waals surface area contributed by atoms with E-state index in [-0.39, 0.29) is 0 Å². The summed E-state index contributed by atoms with van der Waals surface area (Å²) >= 11 is 0. The van der Waals surface area contributed by atoms with Crippen molar-refractivity contribution in [3.63, 3.8) is 0 Å². The van der Waals surface area contributed by atoms with E-state index in [0.717, 1.165) is 49.5 Å². The lowest BCUT2D eigenvalue weighted by atomic mass is 10.3. The van der Waals surface area contributed by atoms with E-state index >= 15 is 0 Å². The summed E-state index contributed by atoms with van der Waals surface area (Å²) < 4.78 is 5.45. The number of nitrogens with one attached hydrogen (secondary N) is 2. The molecule has 7 nitrogen and oxygen atoms in total. The van der Waals surface area contributed by atoms with Crippen molar-refractivity contribution in [2.45, 2.75) is 27.2 Å². The van der Waals surface area contributed by atoms with Crippen LogP contribution in [-0.4, -0.2) is 53.0 Å². The molecule has 116 valence electrons. The molecule has 0 bridgehead atoms. The Kier molecular flexibility index (Phi) is 5.74. The normalized spacial score (nSPS) is 11.0. The zero-order valence-electron chi connectivity index (χ0n) is 13.0. The number of ether oxygens (including phenoxy) is 1.